The molecule has 1 heterocycles. The lowest BCUT2D eigenvalue weighted by atomic mass is 10.2. The fraction of sp³-hybridized carbons (Fsp3) is 0.538. The summed E-state index contributed by atoms with van der Waals surface area (Å²) < 4.78 is 0. The molecular formula is C13H20N4O4. The number of nitrogens with zero attached hydrogens (tertiary/aromatic N) is 3. The molecule has 0 fully saturated rings. The van der Waals surface area contributed by atoms with Gasteiger partial charge in [-0.25, -0.2) is 9.78 Å². The summed E-state index contributed by atoms with van der Waals surface area (Å²) in [4.78, 5) is 27.3. The van der Waals surface area contributed by atoms with Gasteiger partial charge in [-0.05, 0) is 20.0 Å². The van der Waals surface area contributed by atoms with Crippen molar-refractivity contribution in [2.24, 2.45) is 0 Å². The molecule has 1 rings (SSSR count). The summed E-state index contributed by atoms with van der Waals surface area (Å²) in [6, 6.07) is 0.966. The highest BCUT2D eigenvalue weighted by atomic mass is 16.6. The number of aromatic carboxylic acids is 1. The molecule has 0 bridgehead atoms. The number of anilines is 1. The largest absolute Gasteiger partial charge is 0.478 e. The molecule has 8 nitrogen and oxygen atoms in total. The van der Waals surface area contributed by atoms with Gasteiger partial charge in [0.15, 0.2) is 0 Å². The van der Waals surface area contributed by atoms with Gasteiger partial charge >= 0.3 is 11.7 Å². The maximum absolute atomic E-state index is 11.0. The standard InChI is InChI=1S/C13H20N4O4/c1-4-16(5-2)8-9(3)15-12-11(17(20)21)6-10(7-14-12)13(18)19/h6-7,9H,4-5,8H2,1-3H3,(H,14,15)(H,18,19). The molecule has 0 saturated carbocycles. The van der Waals surface area contributed by atoms with Crippen molar-refractivity contribution in [3.8, 4) is 0 Å². The molecule has 0 amide bonds. The number of carboxylic acid groups (broad SMARTS) is 1. The number of rotatable bonds is 8. The van der Waals surface area contributed by atoms with Crippen LogP contribution in [0.2, 0.25) is 0 Å². The Hall–Kier alpha value is -2.22. The summed E-state index contributed by atoms with van der Waals surface area (Å²) in [5.74, 6) is -1.15. The predicted octanol–water partition coefficient (Wildman–Crippen LogP) is 1.83. The summed E-state index contributed by atoms with van der Waals surface area (Å²) in [6.07, 6.45) is 1.11. The molecular weight excluding hydrogens is 276 g/mol. The van der Waals surface area contributed by atoms with E-state index in [4.69, 9.17) is 5.11 Å². The lowest BCUT2D eigenvalue weighted by Gasteiger charge is -2.23. The summed E-state index contributed by atoms with van der Waals surface area (Å²) in [5, 5.41) is 22.9. The monoisotopic (exact) mass is 296 g/mol. The summed E-state index contributed by atoms with van der Waals surface area (Å²) in [5.41, 5.74) is -0.537. The third kappa shape index (κ3) is 4.67. The second kappa shape index (κ2) is 7.53. The molecule has 0 aliphatic rings. The van der Waals surface area contributed by atoms with Crippen molar-refractivity contribution >= 4 is 17.5 Å². The van der Waals surface area contributed by atoms with E-state index in [2.05, 4.69) is 15.2 Å². The second-order valence-corrected chi connectivity index (χ2v) is 4.69. The van der Waals surface area contributed by atoms with Gasteiger partial charge in [-0.3, -0.25) is 10.1 Å². The van der Waals surface area contributed by atoms with Crippen molar-refractivity contribution in [3.05, 3.63) is 27.9 Å². The van der Waals surface area contributed by atoms with E-state index in [1.807, 2.05) is 20.8 Å². The van der Waals surface area contributed by atoms with Crippen LogP contribution in [0.1, 0.15) is 31.1 Å². The Kier molecular flexibility index (Phi) is 6.04. The third-order valence-corrected chi connectivity index (χ3v) is 3.12. The molecule has 1 unspecified atom stereocenters. The van der Waals surface area contributed by atoms with Gasteiger partial charge in [-0.1, -0.05) is 13.8 Å². The SMILES string of the molecule is CCN(CC)CC(C)Nc1ncc(C(=O)O)cc1[N+](=O)[O-]. The van der Waals surface area contributed by atoms with Crippen LogP contribution in [0.25, 0.3) is 0 Å². The predicted molar refractivity (Wildman–Crippen MR) is 78.7 cm³/mol. The van der Waals surface area contributed by atoms with Crippen LogP contribution in [0.3, 0.4) is 0 Å². The maximum atomic E-state index is 11.0. The van der Waals surface area contributed by atoms with Gasteiger partial charge in [0.05, 0.1) is 10.5 Å². The number of aromatic nitrogens is 1. The average molecular weight is 296 g/mol. The van der Waals surface area contributed by atoms with E-state index >= 15 is 0 Å². The smallest absolute Gasteiger partial charge is 0.337 e. The number of carboxylic acids is 1. The van der Waals surface area contributed by atoms with Gasteiger partial charge in [0.2, 0.25) is 5.82 Å². The van der Waals surface area contributed by atoms with Crippen LogP contribution in [0.5, 0.6) is 0 Å². The number of nitro groups is 1. The van der Waals surface area contributed by atoms with Gasteiger partial charge in [-0.15, -0.1) is 0 Å². The molecule has 0 saturated heterocycles. The molecule has 0 aromatic carbocycles. The van der Waals surface area contributed by atoms with Crippen LogP contribution >= 0.6 is 0 Å². The summed E-state index contributed by atoms with van der Waals surface area (Å²) in [6.45, 7) is 8.46. The molecule has 2 N–H and O–H groups in total. The van der Waals surface area contributed by atoms with Crippen LogP contribution in [0, 0.1) is 10.1 Å². The van der Waals surface area contributed by atoms with E-state index in [1.165, 1.54) is 0 Å². The van der Waals surface area contributed by atoms with Crippen LogP contribution in [0.4, 0.5) is 11.5 Å². The van der Waals surface area contributed by atoms with Gasteiger partial charge in [-0.2, -0.15) is 0 Å². The van der Waals surface area contributed by atoms with Crippen molar-refractivity contribution in [1.82, 2.24) is 9.88 Å². The highest BCUT2D eigenvalue weighted by Gasteiger charge is 2.20. The molecule has 0 aliphatic heterocycles. The van der Waals surface area contributed by atoms with E-state index in [0.29, 0.717) is 6.54 Å². The fourth-order valence-corrected chi connectivity index (χ4v) is 1.97. The molecule has 1 aromatic heterocycles. The molecule has 21 heavy (non-hydrogen) atoms. The second-order valence-electron chi connectivity index (χ2n) is 4.69. The Morgan fingerprint density at radius 2 is 2.14 bits per heavy atom. The first kappa shape index (κ1) is 16.8. The number of hydrogen-bond acceptors (Lipinski definition) is 6. The van der Waals surface area contributed by atoms with Gasteiger partial charge in [0.25, 0.3) is 0 Å². The van der Waals surface area contributed by atoms with E-state index in [-0.39, 0.29) is 23.1 Å². The lowest BCUT2D eigenvalue weighted by Crippen LogP contribution is -2.35. The first-order chi connectivity index (χ1) is 9.88. The van der Waals surface area contributed by atoms with Crippen molar-refractivity contribution in [2.75, 3.05) is 25.0 Å². The third-order valence-electron chi connectivity index (χ3n) is 3.12. The minimum Gasteiger partial charge on any atom is -0.478 e. The highest BCUT2D eigenvalue weighted by molar-refractivity contribution is 5.88. The molecule has 1 atom stereocenters. The van der Waals surface area contributed by atoms with Crippen LogP contribution < -0.4 is 5.32 Å². The summed E-state index contributed by atoms with van der Waals surface area (Å²) >= 11 is 0. The zero-order valence-corrected chi connectivity index (χ0v) is 12.4. The zero-order chi connectivity index (χ0) is 16.0. The fourth-order valence-electron chi connectivity index (χ4n) is 1.97. The van der Waals surface area contributed by atoms with Gasteiger partial charge < -0.3 is 15.3 Å². The van der Waals surface area contributed by atoms with Crippen molar-refractivity contribution in [3.63, 3.8) is 0 Å². The van der Waals surface area contributed by atoms with Crippen molar-refractivity contribution in [2.45, 2.75) is 26.8 Å². The molecule has 0 spiro atoms. The molecule has 8 heteroatoms. The summed E-state index contributed by atoms with van der Waals surface area (Å²) in [7, 11) is 0. The van der Waals surface area contributed by atoms with Crippen LogP contribution in [0.15, 0.2) is 12.3 Å². The minimum atomic E-state index is -1.24. The number of pyridine rings is 1. The minimum absolute atomic E-state index is 0.0493. The Balaban J connectivity index is 2.92. The quantitative estimate of drug-likeness (QED) is 0.556. The average Bonchev–Trinajstić information content (AvgIpc) is 2.44. The lowest BCUT2D eigenvalue weighted by molar-refractivity contribution is -0.384. The topological polar surface area (TPSA) is 109 Å². The zero-order valence-electron chi connectivity index (χ0n) is 12.4. The number of carbonyl (C=O) groups is 1. The normalized spacial score (nSPS) is 12.2. The van der Waals surface area contributed by atoms with Crippen molar-refractivity contribution < 1.29 is 14.8 Å². The van der Waals surface area contributed by atoms with Gasteiger partial charge in [0, 0.05) is 24.8 Å². The van der Waals surface area contributed by atoms with E-state index in [0.717, 1.165) is 25.4 Å². The van der Waals surface area contributed by atoms with Crippen LogP contribution in [-0.4, -0.2) is 51.6 Å². The maximum Gasteiger partial charge on any atom is 0.337 e. The number of likely N-dealkylation sites (N-methyl/N-ethyl adjacent to an activating group) is 1. The Bertz CT molecular complexity index is 517. The van der Waals surface area contributed by atoms with Crippen molar-refractivity contribution in [1.29, 1.82) is 0 Å². The molecule has 116 valence electrons. The van der Waals surface area contributed by atoms with E-state index < -0.39 is 10.9 Å². The Labute approximate surface area is 122 Å². The number of hydrogen-bond donors (Lipinski definition) is 2. The van der Waals surface area contributed by atoms with Gasteiger partial charge in [0.1, 0.15) is 0 Å². The highest BCUT2D eigenvalue weighted by Crippen LogP contribution is 2.23. The molecule has 0 radical (unpaired) electrons. The Morgan fingerprint density at radius 1 is 1.52 bits per heavy atom. The first-order valence-electron chi connectivity index (χ1n) is 6.75. The van der Waals surface area contributed by atoms with E-state index in [1.54, 1.807) is 0 Å². The first-order valence-corrected chi connectivity index (χ1v) is 6.75. The molecule has 1 aromatic rings. The Morgan fingerprint density at radius 3 is 2.62 bits per heavy atom. The van der Waals surface area contributed by atoms with E-state index in [9.17, 15) is 14.9 Å². The molecule has 0 aliphatic carbocycles. The number of nitrogens with one attached hydrogen (secondary N) is 1. The van der Waals surface area contributed by atoms with Crippen LogP contribution in [-0.2, 0) is 0 Å².